The number of hydrogen-bond donors (Lipinski definition) is 3. The summed E-state index contributed by atoms with van der Waals surface area (Å²) in [5.74, 6) is 0.526. The normalized spacial score (nSPS) is 17.5. The molecule has 1 aromatic carbocycles. The molecule has 0 aliphatic carbocycles. The van der Waals surface area contributed by atoms with E-state index in [-0.39, 0.29) is 11.8 Å². The van der Waals surface area contributed by atoms with Crippen LogP contribution in [-0.4, -0.2) is 24.9 Å². The van der Waals surface area contributed by atoms with Gasteiger partial charge in [-0.3, -0.25) is 9.59 Å². The van der Waals surface area contributed by atoms with Crippen molar-refractivity contribution in [2.24, 2.45) is 5.92 Å². The molecule has 1 unspecified atom stereocenters. The smallest absolute Gasteiger partial charge is 0.224 e. The molecule has 1 saturated heterocycles. The fourth-order valence-electron chi connectivity index (χ4n) is 2.54. The van der Waals surface area contributed by atoms with Crippen molar-refractivity contribution in [3.8, 4) is 0 Å². The van der Waals surface area contributed by atoms with Crippen molar-refractivity contribution in [3.63, 3.8) is 0 Å². The van der Waals surface area contributed by atoms with Gasteiger partial charge >= 0.3 is 0 Å². The van der Waals surface area contributed by atoms with Gasteiger partial charge in [0.1, 0.15) is 0 Å². The number of hydrogen-bond acceptors (Lipinski definition) is 3. The Bertz CT molecular complexity index is 522. The van der Waals surface area contributed by atoms with Gasteiger partial charge in [0.15, 0.2) is 0 Å². The number of aryl methyl sites for hydroxylation is 1. The lowest BCUT2D eigenvalue weighted by Crippen LogP contribution is -2.15. The lowest BCUT2D eigenvalue weighted by atomic mass is 10.0. The van der Waals surface area contributed by atoms with Gasteiger partial charge in [0.2, 0.25) is 11.8 Å². The summed E-state index contributed by atoms with van der Waals surface area (Å²) in [6, 6.07) is 5.54. The summed E-state index contributed by atoms with van der Waals surface area (Å²) in [6.45, 7) is 5.47. The highest BCUT2D eigenvalue weighted by molar-refractivity contribution is 5.93. The van der Waals surface area contributed by atoms with E-state index in [1.54, 1.807) is 6.07 Å². The molecule has 2 rings (SSSR count). The average Bonchev–Trinajstić information content (AvgIpc) is 2.93. The average molecular weight is 289 g/mol. The molecule has 5 heteroatoms. The lowest BCUT2D eigenvalue weighted by molar-refractivity contribution is -0.116. The van der Waals surface area contributed by atoms with Crippen molar-refractivity contribution >= 4 is 23.2 Å². The van der Waals surface area contributed by atoms with Gasteiger partial charge in [-0.05, 0) is 56.5 Å². The molecule has 1 aliphatic rings. The number of benzene rings is 1. The number of anilines is 2. The minimum atomic E-state index is -0.115. The summed E-state index contributed by atoms with van der Waals surface area (Å²) < 4.78 is 0. The van der Waals surface area contributed by atoms with Crippen molar-refractivity contribution < 1.29 is 9.59 Å². The zero-order chi connectivity index (χ0) is 15.2. The van der Waals surface area contributed by atoms with E-state index in [0.29, 0.717) is 12.3 Å². The summed E-state index contributed by atoms with van der Waals surface area (Å²) in [5.41, 5.74) is 2.43. The number of amides is 2. The van der Waals surface area contributed by atoms with Crippen LogP contribution < -0.4 is 16.0 Å². The maximum atomic E-state index is 12.0. The zero-order valence-electron chi connectivity index (χ0n) is 12.7. The fourth-order valence-corrected chi connectivity index (χ4v) is 2.54. The number of carbonyl (C=O) groups is 2. The minimum absolute atomic E-state index is 0.0273. The van der Waals surface area contributed by atoms with Crippen LogP contribution in [0.3, 0.4) is 0 Å². The third kappa shape index (κ3) is 4.86. The molecule has 1 aliphatic heterocycles. The monoisotopic (exact) mass is 289 g/mol. The van der Waals surface area contributed by atoms with Crippen LogP contribution in [0.4, 0.5) is 11.4 Å². The van der Waals surface area contributed by atoms with Crippen molar-refractivity contribution in [1.29, 1.82) is 0 Å². The van der Waals surface area contributed by atoms with Crippen LogP contribution in [0.25, 0.3) is 0 Å². The Morgan fingerprint density at radius 1 is 1.33 bits per heavy atom. The fraction of sp³-hybridized carbons (Fsp3) is 0.500. The van der Waals surface area contributed by atoms with E-state index in [1.807, 2.05) is 19.1 Å². The molecule has 5 nitrogen and oxygen atoms in total. The topological polar surface area (TPSA) is 70.2 Å². The van der Waals surface area contributed by atoms with Gasteiger partial charge in [0.05, 0.1) is 0 Å². The molecule has 0 spiro atoms. The Morgan fingerprint density at radius 2 is 2.14 bits per heavy atom. The molecular formula is C16H23N3O2. The van der Waals surface area contributed by atoms with E-state index in [2.05, 4.69) is 16.0 Å². The summed E-state index contributed by atoms with van der Waals surface area (Å²) >= 11 is 0. The van der Waals surface area contributed by atoms with Crippen LogP contribution >= 0.6 is 0 Å². The zero-order valence-corrected chi connectivity index (χ0v) is 12.7. The molecule has 1 atom stereocenters. The molecule has 0 radical (unpaired) electrons. The molecule has 1 fully saturated rings. The molecule has 21 heavy (non-hydrogen) atoms. The first-order chi connectivity index (χ1) is 10.0. The van der Waals surface area contributed by atoms with Crippen molar-refractivity contribution in [2.75, 3.05) is 23.7 Å². The van der Waals surface area contributed by atoms with E-state index in [0.717, 1.165) is 42.9 Å². The van der Waals surface area contributed by atoms with Gasteiger partial charge in [-0.1, -0.05) is 6.07 Å². The van der Waals surface area contributed by atoms with Crippen molar-refractivity contribution in [2.45, 2.75) is 33.1 Å². The van der Waals surface area contributed by atoms with Gasteiger partial charge in [-0.25, -0.2) is 0 Å². The predicted octanol–water partition coefficient (Wildman–Crippen LogP) is 2.28. The Balaban J connectivity index is 1.89. The second kappa shape index (κ2) is 7.22. The molecular weight excluding hydrogens is 266 g/mol. The minimum Gasteiger partial charge on any atom is -0.326 e. The van der Waals surface area contributed by atoms with Gasteiger partial charge in [0, 0.05) is 24.7 Å². The SMILES string of the molecule is CC(=O)Nc1cc(NC(=O)CCC2CCNC2)ccc1C. The molecule has 2 amide bonds. The van der Waals surface area contributed by atoms with Crippen molar-refractivity contribution in [1.82, 2.24) is 5.32 Å². The van der Waals surface area contributed by atoms with Crippen LogP contribution in [0, 0.1) is 12.8 Å². The molecule has 114 valence electrons. The van der Waals surface area contributed by atoms with Crippen molar-refractivity contribution in [3.05, 3.63) is 23.8 Å². The third-order valence-electron chi connectivity index (χ3n) is 3.77. The summed E-state index contributed by atoms with van der Waals surface area (Å²) in [7, 11) is 0. The van der Waals surface area contributed by atoms with Crippen LogP contribution in [0.15, 0.2) is 18.2 Å². The van der Waals surface area contributed by atoms with Gasteiger partial charge in [0.25, 0.3) is 0 Å². The van der Waals surface area contributed by atoms with Gasteiger partial charge in [-0.2, -0.15) is 0 Å². The standard InChI is InChI=1S/C16H23N3O2/c1-11-3-5-14(9-15(11)18-12(2)20)19-16(21)6-4-13-7-8-17-10-13/h3,5,9,13,17H,4,6-8,10H2,1-2H3,(H,18,20)(H,19,21). The first kappa shape index (κ1) is 15.5. The number of nitrogens with one attached hydrogen (secondary N) is 3. The second-order valence-corrected chi connectivity index (χ2v) is 5.66. The Kier molecular flexibility index (Phi) is 5.33. The summed E-state index contributed by atoms with van der Waals surface area (Å²) in [5, 5.41) is 8.97. The first-order valence-electron chi connectivity index (χ1n) is 7.43. The number of rotatable bonds is 5. The second-order valence-electron chi connectivity index (χ2n) is 5.66. The highest BCUT2D eigenvalue weighted by Crippen LogP contribution is 2.21. The quantitative estimate of drug-likeness (QED) is 0.779. The third-order valence-corrected chi connectivity index (χ3v) is 3.77. The van der Waals surface area contributed by atoms with Crippen LogP contribution in [-0.2, 0) is 9.59 Å². The molecule has 0 bridgehead atoms. The van der Waals surface area contributed by atoms with Crippen LogP contribution in [0.5, 0.6) is 0 Å². The van der Waals surface area contributed by atoms with Gasteiger partial charge in [-0.15, -0.1) is 0 Å². The lowest BCUT2D eigenvalue weighted by Gasteiger charge is -2.11. The largest absolute Gasteiger partial charge is 0.326 e. The Morgan fingerprint density at radius 3 is 2.81 bits per heavy atom. The molecule has 1 aromatic rings. The van der Waals surface area contributed by atoms with E-state index in [4.69, 9.17) is 0 Å². The maximum absolute atomic E-state index is 12.0. The van der Waals surface area contributed by atoms with E-state index < -0.39 is 0 Å². The number of carbonyl (C=O) groups excluding carboxylic acids is 2. The Labute approximate surface area is 125 Å². The van der Waals surface area contributed by atoms with E-state index in [1.165, 1.54) is 6.92 Å². The first-order valence-corrected chi connectivity index (χ1v) is 7.43. The van der Waals surface area contributed by atoms with E-state index >= 15 is 0 Å². The van der Waals surface area contributed by atoms with Gasteiger partial charge < -0.3 is 16.0 Å². The summed E-state index contributed by atoms with van der Waals surface area (Å²) in [4.78, 5) is 23.1. The molecule has 1 heterocycles. The van der Waals surface area contributed by atoms with Crippen LogP contribution in [0.2, 0.25) is 0 Å². The Hall–Kier alpha value is -1.88. The van der Waals surface area contributed by atoms with E-state index in [9.17, 15) is 9.59 Å². The maximum Gasteiger partial charge on any atom is 0.224 e. The van der Waals surface area contributed by atoms with Crippen LogP contribution in [0.1, 0.15) is 31.7 Å². The molecule has 0 aromatic heterocycles. The molecule has 3 N–H and O–H groups in total. The highest BCUT2D eigenvalue weighted by Gasteiger charge is 2.15. The summed E-state index contributed by atoms with van der Waals surface area (Å²) in [6.07, 6.45) is 2.61. The predicted molar refractivity (Wildman–Crippen MR) is 84.3 cm³/mol. The highest BCUT2D eigenvalue weighted by atomic mass is 16.2. The molecule has 0 saturated carbocycles.